The molecule has 1 saturated carbocycles. The molecular weight excluding hydrogens is 136 g/mol. The quantitative estimate of drug-likeness (QED) is 0.489. The second kappa shape index (κ2) is 2.01. The number of rotatable bonds is 0. The van der Waals surface area contributed by atoms with Crippen LogP contribution in [0.2, 0.25) is 0 Å². The highest BCUT2D eigenvalue weighted by Gasteiger charge is 2.55. The highest BCUT2D eigenvalue weighted by Crippen LogP contribution is 2.52. The Balaban J connectivity index is 1.96. The lowest BCUT2D eigenvalue weighted by Gasteiger charge is -2.33. The van der Waals surface area contributed by atoms with Gasteiger partial charge in [0.05, 0.1) is 11.7 Å². The highest BCUT2D eigenvalue weighted by atomic mass is 16.6. The molecule has 64 valence electrons. The van der Waals surface area contributed by atoms with E-state index in [0.717, 1.165) is 0 Å². The van der Waals surface area contributed by atoms with Crippen LogP contribution in [0.15, 0.2) is 0 Å². The third kappa shape index (κ3) is 1.20. The van der Waals surface area contributed by atoms with Crippen molar-refractivity contribution in [3.63, 3.8) is 0 Å². The summed E-state index contributed by atoms with van der Waals surface area (Å²) in [5.41, 5.74) is 0.923. The lowest BCUT2D eigenvalue weighted by molar-refractivity contribution is 0.148. The van der Waals surface area contributed by atoms with Gasteiger partial charge in [-0.1, -0.05) is 13.8 Å². The van der Waals surface area contributed by atoms with Gasteiger partial charge < -0.3 is 4.74 Å². The Morgan fingerprint density at radius 3 is 1.91 bits per heavy atom. The van der Waals surface area contributed by atoms with Crippen molar-refractivity contribution in [1.29, 1.82) is 0 Å². The van der Waals surface area contributed by atoms with E-state index >= 15 is 0 Å². The first-order valence-electron chi connectivity index (χ1n) is 4.72. The van der Waals surface area contributed by atoms with Crippen molar-refractivity contribution in [2.75, 3.05) is 0 Å². The summed E-state index contributed by atoms with van der Waals surface area (Å²) in [6.45, 7) is 6.94. The molecule has 0 aromatic rings. The Hall–Kier alpha value is -0.0400. The monoisotopic (exact) mass is 154 g/mol. The molecule has 1 atom stereocenters. The number of ether oxygens (including phenoxy) is 1. The minimum Gasteiger partial charge on any atom is -0.366 e. The van der Waals surface area contributed by atoms with Gasteiger partial charge in [0, 0.05) is 0 Å². The summed E-state index contributed by atoms with van der Waals surface area (Å²) in [5, 5.41) is 0. The van der Waals surface area contributed by atoms with Crippen molar-refractivity contribution in [1.82, 2.24) is 0 Å². The van der Waals surface area contributed by atoms with E-state index < -0.39 is 0 Å². The minimum atomic E-state index is 0.343. The third-order valence-corrected chi connectivity index (χ3v) is 3.55. The molecule has 0 N–H and O–H groups in total. The second-order valence-corrected chi connectivity index (χ2v) is 4.99. The van der Waals surface area contributed by atoms with E-state index in [9.17, 15) is 0 Å². The molecule has 2 rings (SSSR count). The average molecular weight is 154 g/mol. The number of hydrogen-bond acceptors (Lipinski definition) is 1. The van der Waals surface area contributed by atoms with Crippen LogP contribution in [0.1, 0.15) is 46.5 Å². The fourth-order valence-corrected chi connectivity index (χ4v) is 2.19. The molecule has 1 saturated heterocycles. The van der Waals surface area contributed by atoms with Gasteiger partial charge in [0.1, 0.15) is 0 Å². The highest BCUT2D eigenvalue weighted by molar-refractivity contribution is 5.04. The molecular formula is C10H18O. The van der Waals surface area contributed by atoms with Gasteiger partial charge in [0.2, 0.25) is 0 Å². The zero-order valence-corrected chi connectivity index (χ0v) is 7.81. The SMILES string of the molecule is CC1OC12CCC(C)(C)CC2. The maximum absolute atomic E-state index is 5.64. The van der Waals surface area contributed by atoms with E-state index in [1.54, 1.807) is 0 Å². The Labute approximate surface area is 69.1 Å². The maximum Gasteiger partial charge on any atom is 0.0945 e. The van der Waals surface area contributed by atoms with Crippen LogP contribution in [-0.2, 0) is 4.74 Å². The smallest absolute Gasteiger partial charge is 0.0945 e. The third-order valence-electron chi connectivity index (χ3n) is 3.55. The van der Waals surface area contributed by atoms with Gasteiger partial charge in [-0.15, -0.1) is 0 Å². The molecule has 1 nitrogen and oxygen atoms in total. The molecule has 1 aliphatic heterocycles. The predicted molar refractivity (Wildman–Crippen MR) is 45.5 cm³/mol. The summed E-state index contributed by atoms with van der Waals surface area (Å²) in [6.07, 6.45) is 5.83. The Morgan fingerprint density at radius 2 is 1.55 bits per heavy atom. The fourth-order valence-electron chi connectivity index (χ4n) is 2.19. The molecule has 0 aromatic carbocycles. The van der Waals surface area contributed by atoms with Crippen molar-refractivity contribution in [3.8, 4) is 0 Å². The van der Waals surface area contributed by atoms with Crippen molar-refractivity contribution in [3.05, 3.63) is 0 Å². The second-order valence-electron chi connectivity index (χ2n) is 4.99. The summed E-state index contributed by atoms with van der Waals surface area (Å²) in [6, 6.07) is 0. The van der Waals surface area contributed by atoms with Crippen LogP contribution >= 0.6 is 0 Å². The van der Waals surface area contributed by atoms with Gasteiger partial charge in [-0.05, 0) is 38.0 Å². The maximum atomic E-state index is 5.64. The number of epoxide rings is 1. The van der Waals surface area contributed by atoms with Crippen LogP contribution < -0.4 is 0 Å². The molecule has 0 aromatic heterocycles. The molecule has 1 heteroatoms. The first-order chi connectivity index (χ1) is 5.04. The van der Waals surface area contributed by atoms with E-state index in [4.69, 9.17) is 4.74 Å². The van der Waals surface area contributed by atoms with Gasteiger partial charge in [-0.25, -0.2) is 0 Å². The van der Waals surface area contributed by atoms with Crippen molar-refractivity contribution < 1.29 is 4.74 Å². The van der Waals surface area contributed by atoms with Crippen molar-refractivity contribution in [2.45, 2.75) is 58.2 Å². The van der Waals surface area contributed by atoms with Gasteiger partial charge in [-0.2, -0.15) is 0 Å². The molecule has 0 amide bonds. The zero-order valence-electron chi connectivity index (χ0n) is 7.81. The normalized spacial score (nSPS) is 39.0. The van der Waals surface area contributed by atoms with Crippen LogP contribution in [0.25, 0.3) is 0 Å². The van der Waals surface area contributed by atoms with Crippen LogP contribution in [-0.4, -0.2) is 11.7 Å². The van der Waals surface area contributed by atoms with E-state index in [2.05, 4.69) is 20.8 Å². The molecule has 1 unspecified atom stereocenters. The van der Waals surface area contributed by atoms with Crippen molar-refractivity contribution >= 4 is 0 Å². The van der Waals surface area contributed by atoms with E-state index in [1.165, 1.54) is 25.7 Å². The molecule has 1 spiro atoms. The topological polar surface area (TPSA) is 12.5 Å². The summed E-state index contributed by atoms with van der Waals surface area (Å²) in [4.78, 5) is 0. The minimum absolute atomic E-state index is 0.343. The molecule has 2 fully saturated rings. The molecule has 11 heavy (non-hydrogen) atoms. The summed E-state index contributed by atoms with van der Waals surface area (Å²) < 4.78 is 5.64. The van der Waals surface area contributed by atoms with Gasteiger partial charge in [-0.3, -0.25) is 0 Å². The van der Waals surface area contributed by atoms with Crippen LogP contribution in [0, 0.1) is 5.41 Å². The molecule has 1 aliphatic carbocycles. The van der Waals surface area contributed by atoms with Gasteiger partial charge in [0.15, 0.2) is 0 Å². The number of hydrogen-bond donors (Lipinski definition) is 0. The van der Waals surface area contributed by atoms with Gasteiger partial charge in [0.25, 0.3) is 0 Å². The summed E-state index contributed by atoms with van der Waals surface area (Å²) >= 11 is 0. The predicted octanol–water partition coefficient (Wildman–Crippen LogP) is 2.74. The van der Waals surface area contributed by atoms with Crippen LogP contribution in [0.5, 0.6) is 0 Å². The van der Waals surface area contributed by atoms with E-state index in [0.29, 0.717) is 17.1 Å². The lowest BCUT2D eigenvalue weighted by Crippen LogP contribution is -2.28. The Kier molecular flexibility index (Phi) is 1.39. The standard InChI is InChI=1S/C10H18O/c1-8-10(11-8)6-4-9(2,3)5-7-10/h8H,4-7H2,1-3H3. The largest absolute Gasteiger partial charge is 0.366 e. The first kappa shape index (κ1) is 7.60. The van der Waals surface area contributed by atoms with E-state index in [-0.39, 0.29) is 0 Å². The summed E-state index contributed by atoms with van der Waals surface area (Å²) in [5.74, 6) is 0. The van der Waals surface area contributed by atoms with Crippen LogP contribution in [0.3, 0.4) is 0 Å². The molecule has 2 aliphatic rings. The summed E-state index contributed by atoms with van der Waals surface area (Å²) in [7, 11) is 0. The van der Waals surface area contributed by atoms with Gasteiger partial charge >= 0.3 is 0 Å². The fraction of sp³-hybridized carbons (Fsp3) is 1.00. The lowest BCUT2D eigenvalue weighted by atomic mass is 9.72. The molecule has 1 heterocycles. The Bertz CT molecular complexity index is 162. The van der Waals surface area contributed by atoms with Crippen LogP contribution in [0.4, 0.5) is 0 Å². The first-order valence-corrected chi connectivity index (χ1v) is 4.72. The average Bonchev–Trinajstić information content (AvgIpc) is 2.54. The Morgan fingerprint density at radius 1 is 1.09 bits per heavy atom. The van der Waals surface area contributed by atoms with E-state index in [1.807, 2.05) is 0 Å². The molecule has 0 radical (unpaired) electrons. The zero-order chi connectivity index (χ0) is 8.11. The molecule has 0 bridgehead atoms. The van der Waals surface area contributed by atoms with Crippen molar-refractivity contribution in [2.24, 2.45) is 5.41 Å².